The minimum atomic E-state index is -0.505. The number of carbonyl (C=O) groups is 2. The van der Waals surface area contributed by atoms with Gasteiger partial charge in [-0.2, -0.15) is 0 Å². The van der Waals surface area contributed by atoms with E-state index in [-0.39, 0.29) is 29.1 Å². The number of Topliss-reactive ketones (excluding diaryl/α,β-unsaturated/α-hetero) is 1. The molecular weight excluding hydrogens is 378 g/mol. The van der Waals surface area contributed by atoms with E-state index in [1.54, 1.807) is 18.4 Å². The van der Waals surface area contributed by atoms with E-state index >= 15 is 0 Å². The molecule has 1 aliphatic rings. The van der Waals surface area contributed by atoms with Crippen LogP contribution in [0, 0.1) is 12.3 Å². The Kier molecular flexibility index (Phi) is 5.56. The Balaban J connectivity index is 2.00. The van der Waals surface area contributed by atoms with Crippen LogP contribution < -0.4 is 0 Å². The number of esters is 1. The molecule has 2 aromatic heterocycles. The molecule has 0 aliphatic heterocycles. The Morgan fingerprint density at radius 2 is 2.14 bits per heavy atom. The van der Waals surface area contributed by atoms with Gasteiger partial charge in [0.2, 0.25) is 0 Å². The minimum absolute atomic E-state index is 0.0288. The molecule has 0 spiro atoms. The average Bonchev–Trinajstić information content (AvgIpc) is 3.19. The fraction of sp³-hybridized carbons (Fsp3) is 0.381. The summed E-state index contributed by atoms with van der Waals surface area (Å²) < 4.78 is 10.8. The van der Waals surface area contributed by atoms with E-state index in [0.29, 0.717) is 34.7 Å². The van der Waals surface area contributed by atoms with E-state index in [1.807, 2.05) is 26.8 Å². The van der Waals surface area contributed by atoms with Gasteiger partial charge in [-0.25, -0.2) is 9.79 Å². The molecule has 0 atom stereocenters. The summed E-state index contributed by atoms with van der Waals surface area (Å²) in [5.41, 5.74) is 0.805. The number of hydrogen-bond acceptors (Lipinski definition) is 7. The molecule has 3 rings (SSSR count). The van der Waals surface area contributed by atoms with Crippen LogP contribution in [0.5, 0.6) is 0 Å². The fourth-order valence-electron chi connectivity index (χ4n) is 3.18. The van der Waals surface area contributed by atoms with Gasteiger partial charge in [0.15, 0.2) is 5.78 Å². The van der Waals surface area contributed by atoms with Crippen LogP contribution in [0.3, 0.4) is 0 Å². The van der Waals surface area contributed by atoms with Crippen LogP contribution in [0.25, 0.3) is 11.3 Å². The van der Waals surface area contributed by atoms with E-state index in [1.165, 1.54) is 17.6 Å². The third-order valence-corrected chi connectivity index (χ3v) is 5.35. The van der Waals surface area contributed by atoms with E-state index < -0.39 is 5.97 Å². The second-order valence-corrected chi connectivity index (χ2v) is 8.38. The van der Waals surface area contributed by atoms with Gasteiger partial charge in [-0.1, -0.05) is 13.8 Å². The lowest BCUT2D eigenvalue weighted by Gasteiger charge is -2.28. The zero-order valence-electron chi connectivity index (χ0n) is 16.4. The van der Waals surface area contributed by atoms with E-state index in [9.17, 15) is 14.7 Å². The quantitative estimate of drug-likeness (QED) is 0.535. The van der Waals surface area contributed by atoms with Crippen LogP contribution in [0.1, 0.15) is 49.7 Å². The first-order valence-corrected chi connectivity index (χ1v) is 9.94. The minimum Gasteiger partial charge on any atom is -0.511 e. The number of thiophene rings is 1. The standard InChI is InChI=1S/C21H23NO5S/c1-5-26-20(25)18-14(17-7-6-12(2)27-17)11-28-19(18)22-10-13-15(23)8-21(3,4)9-16(13)24/h6-7,10-11,23H,5,8-9H2,1-4H3/b22-10+. The number of hydrogen-bond donors (Lipinski definition) is 1. The maximum absolute atomic E-state index is 12.5. The van der Waals surface area contributed by atoms with Gasteiger partial charge in [0, 0.05) is 30.0 Å². The van der Waals surface area contributed by atoms with Gasteiger partial charge in [0.05, 0.1) is 12.2 Å². The van der Waals surface area contributed by atoms with Gasteiger partial charge < -0.3 is 14.3 Å². The molecule has 7 heteroatoms. The highest BCUT2D eigenvalue weighted by atomic mass is 32.1. The lowest BCUT2D eigenvalue weighted by atomic mass is 9.77. The molecule has 0 saturated carbocycles. The van der Waals surface area contributed by atoms with Crippen molar-refractivity contribution in [2.24, 2.45) is 10.4 Å². The van der Waals surface area contributed by atoms with Crippen LogP contribution in [0.15, 0.2) is 38.3 Å². The van der Waals surface area contributed by atoms with Crippen LogP contribution in [0.4, 0.5) is 5.00 Å². The number of carbonyl (C=O) groups excluding carboxylic acids is 2. The van der Waals surface area contributed by atoms with Crippen LogP contribution in [0.2, 0.25) is 0 Å². The molecule has 0 saturated heterocycles. The molecule has 0 fully saturated rings. The lowest BCUT2D eigenvalue weighted by Crippen LogP contribution is -2.26. The van der Waals surface area contributed by atoms with Crippen molar-refractivity contribution < 1.29 is 23.8 Å². The lowest BCUT2D eigenvalue weighted by molar-refractivity contribution is -0.117. The third kappa shape index (κ3) is 4.09. The molecule has 0 unspecified atom stereocenters. The topological polar surface area (TPSA) is 89.1 Å². The summed E-state index contributed by atoms with van der Waals surface area (Å²) in [4.78, 5) is 29.3. The van der Waals surface area contributed by atoms with Crippen molar-refractivity contribution in [1.82, 2.24) is 0 Å². The van der Waals surface area contributed by atoms with Gasteiger partial charge >= 0.3 is 5.97 Å². The molecule has 2 aromatic rings. The van der Waals surface area contributed by atoms with E-state index in [2.05, 4.69) is 4.99 Å². The number of nitrogens with zero attached hydrogens (tertiary/aromatic N) is 1. The van der Waals surface area contributed by atoms with E-state index in [4.69, 9.17) is 9.15 Å². The molecule has 0 bridgehead atoms. The molecule has 1 N–H and O–H groups in total. The highest BCUT2D eigenvalue weighted by molar-refractivity contribution is 7.14. The van der Waals surface area contributed by atoms with Crippen LogP contribution in [-0.4, -0.2) is 29.7 Å². The Morgan fingerprint density at radius 1 is 1.39 bits per heavy atom. The predicted molar refractivity (Wildman–Crippen MR) is 109 cm³/mol. The van der Waals surface area contributed by atoms with Gasteiger partial charge in [0.1, 0.15) is 27.8 Å². The van der Waals surface area contributed by atoms with Crippen molar-refractivity contribution in [2.75, 3.05) is 6.61 Å². The maximum atomic E-state index is 12.5. The normalized spacial score (nSPS) is 16.8. The molecular formula is C21H23NO5S. The van der Waals surface area contributed by atoms with Crippen LogP contribution in [-0.2, 0) is 9.53 Å². The number of aliphatic hydroxyl groups excluding tert-OH is 1. The number of rotatable bonds is 5. The molecule has 0 amide bonds. The molecule has 2 heterocycles. The van der Waals surface area contributed by atoms with Crippen molar-refractivity contribution in [3.05, 3.63) is 40.2 Å². The molecule has 0 aromatic carbocycles. The van der Waals surface area contributed by atoms with Crippen molar-refractivity contribution in [3.8, 4) is 11.3 Å². The second-order valence-electron chi connectivity index (χ2n) is 7.52. The van der Waals surface area contributed by atoms with Crippen LogP contribution >= 0.6 is 11.3 Å². The first kappa shape index (κ1) is 20.1. The summed E-state index contributed by atoms with van der Waals surface area (Å²) >= 11 is 1.25. The summed E-state index contributed by atoms with van der Waals surface area (Å²) in [5.74, 6) is 0.645. The Bertz CT molecular complexity index is 977. The molecule has 0 radical (unpaired) electrons. The Hall–Kier alpha value is -2.67. The predicted octanol–water partition coefficient (Wildman–Crippen LogP) is 5.40. The number of allylic oxidation sites excluding steroid dienone is 2. The molecule has 148 valence electrons. The smallest absolute Gasteiger partial charge is 0.341 e. The zero-order valence-corrected chi connectivity index (χ0v) is 17.2. The molecule has 28 heavy (non-hydrogen) atoms. The third-order valence-electron chi connectivity index (χ3n) is 4.46. The van der Waals surface area contributed by atoms with Crippen molar-refractivity contribution in [2.45, 2.75) is 40.5 Å². The van der Waals surface area contributed by atoms with Gasteiger partial charge in [-0.3, -0.25) is 4.79 Å². The van der Waals surface area contributed by atoms with Crippen molar-refractivity contribution >= 4 is 34.3 Å². The van der Waals surface area contributed by atoms with Gasteiger partial charge in [-0.05, 0) is 31.4 Å². The molecule has 6 nitrogen and oxygen atoms in total. The number of ketones is 1. The Labute approximate surface area is 167 Å². The summed E-state index contributed by atoms with van der Waals surface area (Å²) in [7, 11) is 0. The zero-order chi connectivity index (χ0) is 20.5. The highest BCUT2D eigenvalue weighted by Gasteiger charge is 2.32. The first-order valence-electron chi connectivity index (χ1n) is 9.06. The number of ether oxygens (including phenoxy) is 1. The highest BCUT2D eigenvalue weighted by Crippen LogP contribution is 2.39. The van der Waals surface area contributed by atoms with Gasteiger partial charge in [-0.15, -0.1) is 11.3 Å². The van der Waals surface area contributed by atoms with Gasteiger partial charge in [0.25, 0.3) is 0 Å². The second kappa shape index (κ2) is 7.75. The number of furan rings is 1. The summed E-state index contributed by atoms with van der Waals surface area (Å²) in [5, 5.41) is 12.4. The number of aryl methyl sites for hydroxylation is 1. The first-order chi connectivity index (χ1) is 13.2. The average molecular weight is 401 g/mol. The number of aliphatic imine (C=N–C) groups is 1. The Morgan fingerprint density at radius 3 is 2.75 bits per heavy atom. The summed E-state index contributed by atoms with van der Waals surface area (Å²) in [6, 6.07) is 3.60. The summed E-state index contributed by atoms with van der Waals surface area (Å²) in [6.45, 7) is 7.66. The fourth-order valence-corrected chi connectivity index (χ4v) is 4.06. The molecule has 1 aliphatic carbocycles. The number of aliphatic hydroxyl groups is 1. The van der Waals surface area contributed by atoms with E-state index in [0.717, 1.165) is 5.76 Å². The monoisotopic (exact) mass is 401 g/mol. The van der Waals surface area contributed by atoms with Crippen molar-refractivity contribution in [1.29, 1.82) is 0 Å². The SMILES string of the molecule is CCOC(=O)c1c(-c2ccc(C)o2)csc1/N=C/C1=C(O)CC(C)(C)CC1=O. The summed E-state index contributed by atoms with van der Waals surface area (Å²) in [6.07, 6.45) is 2.09. The maximum Gasteiger partial charge on any atom is 0.341 e. The van der Waals surface area contributed by atoms with Crippen molar-refractivity contribution in [3.63, 3.8) is 0 Å². The largest absolute Gasteiger partial charge is 0.511 e.